The minimum absolute atomic E-state index is 0.00583. The van der Waals surface area contributed by atoms with Gasteiger partial charge in [-0.15, -0.1) is 0 Å². The summed E-state index contributed by atoms with van der Waals surface area (Å²) in [5.74, 6) is -0.00583. The Bertz CT molecular complexity index is 232. The van der Waals surface area contributed by atoms with E-state index in [0.717, 1.165) is 13.0 Å². The van der Waals surface area contributed by atoms with Crippen molar-refractivity contribution in [3.63, 3.8) is 0 Å². The molecule has 1 N–H and O–H groups in total. The van der Waals surface area contributed by atoms with E-state index >= 15 is 0 Å². The van der Waals surface area contributed by atoms with Gasteiger partial charge in [-0.25, -0.2) is 0 Å². The van der Waals surface area contributed by atoms with Crippen LogP contribution in [0.25, 0.3) is 0 Å². The van der Waals surface area contributed by atoms with Gasteiger partial charge in [-0.1, -0.05) is 6.92 Å². The summed E-state index contributed by atoms with van der Waals surface area (Å²) in [6, 6.07) is 2.00. The van der Waals surface area contributed by atoms with Gasteiger partial charge >= 0.3 is 0 Å². The van der Waals surface area contributed by atoms with Crippen LogP contribution in [0, 0.1) is 11.3 Å². The Morgan fingerprint density at radius 1 is 1.47 bits per heavy atom. The molecule has 86 valence electrons. The number of amides is 1. The van der Waals surface area contributed by atoms with E-state index in [1.54, 1.807) is 0 Å². The second-order valence-corrected chi connectivity index (χ2v) is 3.97. The van der Waals surface area contributed by atoms with E-state index in [1.807, 2.05) is 32.6 Å². The van der Waals surface area contributed by atoms with Crippen LogP contribution in [-0.4, -0.2) is 36.0 Å². The van der Waals surface area contributed by atoms with Crippen LogP contribution in [0.5, 0.6) is 0 Å². The van der Waals surface area contributed by atoms with Crippen molar-refractivity contribution in [1.29, 1.82) is 5.26 Å². The van der Waals surface area contributed by atoms with Crippen molar-refractivity contribution in [2.45, 2.75) is 46.2 Å². The summed E-state index contributed by atoms with van der Waals surface area (Å²) in [5.41, 5.74) is 0. The molecule has 0 aromatic rings. The van der Waals surface area contributed by atoms with Crippen molar-refractivity contribution in [1.82, 2.24) is 10.2 Å². The molecule has 1 unspecified atom stereocenters. The van der Waals surface area contributed by atoms with E-state index in [-0.39, 0.29) is 18.0 Å². The van der Waals surface area contributed by atoms with Gasteiger partial charge in [0.25, 0.3) is 0 Å². The molecule has 0 bridgehead atoms. The number of nitrogens with zero attached hydrogens (tertiary/aromatic N) is 2. The van der Waals surface area contributed by atoms with Crippen LogP contribution in [0.3, 0.4) is 0 Å². The van der Waals surface area contributed by atoms with E-state index in [0.29, 0.717) is 6.54 Å². The summed E-state index contributed by atoms with van der Waals surface area (Å²) in [4.78, 5) is 13.6. The third-order valence-corrected chi connectivity index (χ3v) is 2.14. The zero-order valence-electron chi connectivity index (χ0n) is 10.1. The Labute approximate surface area is 92.3 Å². The van der Waals surface area contributed by atoms with Crippen LogP contribution >= 0.6 is 0 Å². The predicted molar refractivity (Wildman–Crippen MR) is 60.2 cm³/mol. The Balaban J connectivity index is 4.28. The summed E-state index contributed by atoms with van der Waals surface area (Å²) in [6.07, 6.45) is 0.945. The van der Waals surface area contributed by atoms with E-state index < -0.39 is 0 Å². The standard InChI is InChI=1S/C11H21N3O/c1-5-7-14(8-6-12)10(4)11(15)13-9(2)3/h9-10H,5,7-8H2,1-4H3,(H,13,15). The zero-order chi connectivity index (χ0) is 11.8. The fourth-order valence-electron chi connectivity index (χ4n) is 1.36. The number of carbonyl (C=O) groups excluding carboxylic acids is 1. The molecule has 0 heterocycles. The van der Waals surface area contributed by atoms with Crippen molar-refractivity contribution in [3.05, 3.63) is 0 Å². The first-order valence-electron chi connectivity index (χ1n) is 5.44. The summed E-state index contributed by atoms with van der Waals surface area (Å²) in [7, 11) is 0. The lowest BCUT2D eigenvalue weighted by molar-refractivity contribution is -0.126. The lowest BCUT2D eigenvalue weighted by Crippen LogP contribution is -2.47. The van der Waals surface area contributed by atoms with Crippen LogP contribution in [0.15, 0.2) is 0 Å². The van der Waals surface area contributed by atoms with Crippen molar-refractivity contribution in [2.75, 3.05) is 13.1 Å². The smallest absolute Gasteiger partial charge is 0.237 e. The molecule has 1 atom stereocenters. The maximum Gasteiger partial charge on any atom is 0.237 e. The molecule has 0 aliphatic heterocycles. The lowest BCUT2D eigenvalue weighted by Gasteiger charge is -2.25. The molecule has 0 radical (unpaired) electrons. The molecule has 0 aromatic carbocycles. The van der Waals surface area contributed by atoms with E-state index in [2.05, 4.69) is 11.4 Å². The van der Waals surface area contributed by atoms with Crippen LogP contribution < -0.4 is 5.32 Å². The average Bonchev–Trinajstić information content (AvgIpc) is 2.15. The van der Waals surface area contributed by atoms with E-state index in [1.165, 1.54) is 0 Å². The molecule has 1 amide bonds. The van der Waals surface area contributed by atoms with Gasteiger partial charge in [0, 0.05) is 6.04 Å². The average molecular weight is 211 g/mol. The number of hydrogen-bond donors (Lipinski definition) is 1. The number of carbonyl (C=O) groups is 1. The van der Waals surface area contributed by atoms with Gasteiger partial charge in [0.2, 0.25) is 5.91 Å². The molecule has 0 saturated heterocycles. The normalized spacial score (nSPS) is 12.6. The second-order valence-electron chi connectivity index (χ2n) is 3.97. The fourth-order valence-corrected chi connectivity index (χ4v) is 1.36. The summed E-state index contributed by atoms with van der Waals surface area (Å²) in [5, 5.41) is 11.5. The molecule has 4 heteroatoms. The molecular weight excluding hydrogens is 190 g/mol. The Morgan fingerprint density at radius 2 is 2.07 bits per heavy atom. The largest absolute Gasteiger partial charge is 0.353 e. The lowest BCUT2D eigenvalue weighted by atomic mass is 10.2. The third kappa shape index (κ3) is 5.38. The van der Waals surface area contributed by atoms with E-state index in [4.69, 9.17) is 5.26 Å². The molecule has 0 aliphatic rings. The first-order valence-corrected chi connectivity index (χ1v) is 5.44. The van der Waals surface area contributed by atoms with Gasteiger partial charge in [-0.2, -0.15) is 5.26 Å². The Hall–Kier alpha value is -1.08. The molecule has 0 spiro atoms. The van der Waals surface area contributed by atoms with Gasteiger partial charge in [0.05, 0.1) is 18.7 Å². The van der Waals surface area contributed by atoms with Crippen LogP contribution in [-0.2, 0) is 4.79 Å². The number of rotatable bonds is 6. The highest BCUT2D eigenvalue weighted by molar-refractivity contribution is 5.81. The second kappa shape index (κ2) is 7.24. The minimum Gasteiger partial charge on any atom is -0.353 e. The Kier molecular flexibility index (Phi) is 6.72. The summed E-state index contributed by atoms with van der Waals surface area (Å²) < 4.78 is 0. The number of nitrogens with one attached hydrogen (secondary N) is 1. The van der Waals surface area contributed by atoms with Crippen molar-refractivity contribution >= 4 is 5.91 Å². The molecule has 4 nitrogen and oxygen atoms in total. The van der Waals surface area contributed by atoms with Gasteiger partial charge in [0.15, 0.2) is 0 Å². The third-order valence-electron chi connectivity index (χ3n) is 2.14. The van der Waals surface area contributed by atoms with Crippen LogP contribution in [0.1, 0.15) is 34.1 Å². The quantitative estimate of drug-likeness (QED) is 0.670. The van der Waals surface area contributed by atoms with Crippen LogP contribution in [0.4, 0.5) is 0 Å². The summed E-state index contributed by atoms with van der Waals surface area (Å²) >= 11 is 0. The highest BCUT2D eigenvalue weighted by Crippen LogP contribution is 2.00. The first-order chi connectivity index (χ1) is 7.02. The van der Waals surface area contributed by atoms with Crippen molar-refractivity contribution in [2.24, 2.45) is 0 Å². The predicted octanol–water partition coefficient (Wildman–Crippen LogP) is 1.14. The first kappa shape index (κ1) is 13.9. The fraction of sp³-hybridized carbons (Fsp3) is 0.818. The summed E-state index contributed by atoms with van der Waals surface area (Å²) in [6.45, 7) is 8.82. The van der Waals surface area contributed by atoms with Crippen molar-refractivity contribution < 1.29 is 4.79 Å². The zero-order valence-corrected chi connectivity index (χ0v) is 10.1. The molecule has 0 saturated carbocycles. The molecular formula is C11H21N3O. The van der Waals surface area contributed by atoms with E-state index in [9.17, 15) is 4.79 Å². The monoisotopic (exact) mass is 211 g/mol. The van der Waals surface area contributed by atoms with Crippen molar-refractivity contribution in [3.8, 4) is 6.07 Å². The minimum atomic E-state index is -0.230. The number of nitriles is 1. The highest BCUT2D eigenvalue weighted by atomic mass is 16.2. The topological polar surface area (TPSA) is 56.1 Å². The molecule has 0 rings (SSSR count). The Morgan fingerprint density at radius 3 is 2.47 bits per heavy atom. The van der Waals surface area contributed by atoms with Gasteiger partial charge in [-0.3, -0.25) is 9.69 Å². The molecule has 0 aromatic heterocycles. The molecule has 0 fully saturated rings. The number of hydrogen-bond acceptors (Lipinski definition) is 3. The maximum absolute atomic E-state index is 11.7. The SMILES string of the molecule is CCCN(CC#N)C(C)C(=O)NC(C)C. The van der Waals surface area contributed by atoms with Crippen LogP contribution in [0.2, 0.25) is 0 Å². The highest BCUT2D eigenvalue weighted by Gasteiger charge is 2.20. The van der Waals surface area contributed by atoms with Gasteiger partial charge in [-0.05, 0) is 33.7 Å². The molecule has 0 aliphatic carbocycles. The van der Waals surface area contributed by atoms with Gasteiger partial charge in [0.1, 0.15) is 0 Å². The molecule has 15 heavy (non-hydrogen) atoms. The maximum atomic E-state index is 11.7. The van der Waals surface area contributed by atoms with Gasteiger partial charge < -0.3 is 5.32 Å².